The zero-order valence-corrected chi connectivity index (χ0v) is 15.6. The van der Waals surface area contributed by atoms with Gasteiger partial charge in [0.15, 0.2) is 0 Å². The molecule has 1 fully saturated rings. The normalized spacial score (nSPS) is 14.8. The molecule has 3 aromatic rings. The molecule has 1 aliphatic rings. The van der Waals surface area contributed by atoms with E-state index in [-0.39, 0.29) is 5.91 Å². The number of fused-ring (bicyclic) bond motifs is 1. The fourth-order valence-corrected chi connectivity index (χ4v) is 4.13. The van der Waals surface area contributed by atoms with E-state index in [1.807, 2.05) is 16.8 Å². The van der Waals surface area contributed by atoms with Crippen LogP contribution in [0.4, 0.5) is 0 Å². The van der Waals surface area contributed by atoms with E-state index in [1.165, 1.54) is 30.2 Å². The van der Waals surface area contributed by atoms with Crippen LogP contribution in [-0.4, -0.2) is 32.3 Å². The quantitative estimate of drug-likeness (QED) is 0.697. The van der Waals surface area contributed by atoms with Crippen molar-refractivity contribution in [1.82, 2.24) is 19.9 Å². The summed E-state index contributed by atoms with van der Waals surface area (Å²) in [4.78, 5) is 16.6. The van der Waals surface area contributed by atoms with Crippen molar-refractivity contribution in [2.45, 2.75) is 43.7 Å². The standard InChI is InChI=1S/C20H22N4OS/c1-14-6-8-15(9-7-14)17-12-18-20(21-10-11-24(18)23-17)26-13-19(25)22-16-4-2-3-5-16/h6-12,16H,2-5,13H2,1H3,(H,22,25). The average Bonchev–Trinajstić information content (AvgIpc) is 3.30. The second-order valence-corrected chi connectivity index (χ2v) is 7.76. The third-order valence-electron chi connectivity index (χ3n) is 4.76. The van der Waals surface area contributed by atoms with Crippen LogP contribution >= 0.6 is 11.8 Å². The Labute approximate surface area is 157 Å². The minimum absolute atomic E-state index is 0.0870. The predicted octanol–water partition coefficient (Wildman–Crippen LogP) is 3.86. The number of carbonyl (C=O) groups excluding carboxylic acids is 1. The summed E-state index contributed by atoms with van der Waals surface area (Å²) < 4.78 is 1.83. The molecule has 26 heavy (non-hydrogen) atoms. The molecule has 0 unspecified atom stereocenters. The molecule has 1 aromatic carbocycles. The van der Waals surface area contributed by atoms with Crippen LogP contribution in [0.1, 0.15) is 31.2 Å². The molecule has 1 saturated carbocycles. The van der Waals surface area contributed by atoms with Gasteiger partial charge in [-0.15, -0.1) is 0 Å². The maximum Gasteiger partial charge on any atom is 0.230 e. The molecule has 4 rings (SSSR count). The number of hydrogen-bond donors (Lipinski definition) is 1. The summed E-state index contributed by atoms with van der Waals surface area (Å²) in [6.45, 7) is 2.07. The van der Waals surface area contributed by atoms with Crippen LogP contribution in [0.5, 0.6) is 0 Å². The fraction of sp³-hybridized carbons (Fsp3) is 0.350. The summed E-state index contributed by atoms with van der Waals surface area (Å²) in [5, 5.41) is 8.60. The predicted molar refractivity (Wildman–Crippen MR) is 104 cm³/mol. The number of hydrogen-bond acceptors (Lipinski definition) is 4. The second kappa shape index (κ2) is 7.50. The molecule has 0 radical (unpaired) electrons. The van der Waals surface area contributed by atoms with Crippen molar-refractivity contribution in [3.8, 4) is 11.3 Å². The largest absolute Gasteiger partial charge is 0.353 e. The number of benzene rings is 1. The summed E-state index contributed by atoms with van der Waals surface area (Å²) in [5.41, 5.74) is 4.15. The van der Waals surface area contributed by atoms with E-state index in [4.69, 9.17) is 0 Å². The highest BCUT2D eigenvalue weighted by Gasteiger charge is 2.17. The van der Waals surface area contributed by atoms with E-state index < -0.39 is 0 Å². The molecule has 1 N–H and O–H groups in total. The van der Waals surface area contributed by atoms with Gasteiger partial charge in [-0.1, -0.05) is 54.4 Å². The first kappa shape index (κ1) is 17.1. The fourth-order valence-electron chi connectivity index (χ4n) is 3.35. The molecular formula is C20H22N4OS. The lowest BCUT2D eigenvalue weighted by molar-refractivity contribution is -0.119. The highest BCUT2D eigenvalue weighted by molar-refractivity contribution is 8.00. The Morgan fingerprint density at radius 2 is 2.04 bits per heavy atom. The third kappa shape index (κ3) is 3.75. The highest BCUT2D eigenvalue weighted by atomic mass is 32.2. The summed E-state index contributed by atoms with van der Waals surface area (Å²) in [6, 6.07) is 10.7. The molecule has 2 heterocycles. The van der Waals surface area contributed by atoms with Crippen molar-refractivity contribution in [1.29, 1.82) is 0 Å². The Morgan fingerprint density at radius 3 is 2.81 bits per heavy atom. The van der Waals surface area contributed by atoms with E-state index in [0.717, 1.165) is 34.6 Å². The van der Waals surface area contributed by atoms with Gasteiger partial charge in [-0.3, -0.25) is 4.79 Å². The lowest BCUT2D eigenvalue weighted by atomic mass is 10.1. The van der Waals surface area contributed by atoms with Crippen molar-refractivity contribution < 1.29 is 4.79 Å². The molecule has 134 valence electrons. The van der Waals surface area contributed by atoms with Crippen LogP contribution in [-0.2, 0) is 4.79 Å². The number of nitrogens with one attached hydrogen (secondary N) is 1. The molecule has 1 amide bonds. The lowest BCUT2D eigenvalue weighted by Gasteiger charge is -2.11. The first-order chi connectivity index (χ1) is 12.7. The van der Waals surface area contributed by atoms with Crippen molar-refractivity contribution >= 4 is 23.2 Å². The van der Waals surface area contributed by atoms with Crippen LogP contribution in [0.2, 0.25) is 0 Å². The summed E-state index contributed by atoms with van der Waals surface area (Å²) in [5.74, 6) is 0.470. The topological polar surface area (TPSA) is 59.3 Å². The van der Waals surface area contributed by atoms with E-state index >= 15 is 0 Å². The minimum atomic E-state index is 0.0870. The number of amides is 1. The molecule has 0 spiro atoms. The van der Waals surface area contributed by atoms with E-state index in [2.05, 4.69) is 46.6 Å². The Kier molecular flexibility index (Phi) is 4.93. The highest BCUT2D eigenvalue weighted by Crippen LogP contribution is 2.26. The summed E-state index contributed by atoms with van der Waals surface area (Å²) in [6.07, 6.45) is 8.22. The monoisotopic (exact) mass is 366 g/mol. The van der Waals surface area contributed by atoms with Gasteiger partial charge >= 0.3 is 0 Å². The Morgan fingerprint density at radius 1 is 1.27 bits per heavy atom. The Balaban J connectivity index is 1.50. The van der Waals surface area contributed by atoms with Gasteiger partial charge in [0.2, 0.25) is 5.91 Å². The van der Waals surface area contributed by atoms with Gasteiger partial charge in [0.1, 0.15) is 5.03 Å². The van der Waals surface area contributed by atoms with Crippen molar-refractivity contribution in [3.05, 3.63) is 48.3 Å². The van der Waals surface area contributed by atoms with Gasteiger partial charge in [0.25, 0.3) is 0 Å². The van der Waals surface area contributed by atoms with E-state index in [9.17, 15) is 4.79 Å². The van der Waals surface area contributed by atoms with Crippen LogP contribution in [0.3, 0.4) is 0 Å². The number of aryl methyl sites for hydroxylation is 1. The molecule has 2 aromatic heterocycles. The maximum atomic E-state index is 12.2. The molecule has 6 heteroatoms. The first-order valence-electron chi connectivity index (χ1n) is 9.02. The van der Waals surface area contributed by atoms with Gasteiger partial charge in [-0.05, 0) is 25.8 Å². The smallest absolute Gasteiger partial charge is 0.230 e. The number of rotatable bonds is 5. The summed E-state index contributed by atoms with van der Waals surface area (Å²) in [7, 11) is 0. The molecule has 0 atom stereocenters. The van der Waals surface area contributed by atoms with Crippen LogP contribution in [0, 0.1) is 6.92 Å². The maximum absolute atomic E-state index is 12.2. The van der Waals surface area contributed by atoms with E-state index in [1.54, 1.807) is 6.20 Å². The molecule has 0 aliphatic heterocycles. The van der Waals surface area contributed by atoms with Crippen LogP contribution in [0.15, 0.2) is 47.8 Å². The van der Waals surface area contributed by atoms with Gasteiger partial charge in [-0.25, -0.2) is 9.50 Å². The van der Waals surface area contributed by atoms with Gasteiger partial charge in [-0.2, -0.15) is 5.10 Å². The minimum Gasteiger partial charge on any atom is -0.353 e. The molecule has 0 bridgehead atoms. The number of aromatic nitrogens is 3. The molecule has 5 nitrogen and oxygen atoms in total. The van der Waals surface area contributed by atoms with E-state index in [0.29, 0.717) is 11.8 Å². The van der Waals surface area contributed by atoms with Crippen LogP contribution < -0.4 is 5.32 Å². The van der Waals surface area contributed by atoms with Gasteiger partial charge in [0, 0.05) is 24.0 Å². The van der Waals surface area contributed by atoms with Crippen LogP contribution in [0.25, 0.3) is 16.8 Å². The SMILES string of the molecule is Cc1ccc(-c2cc3c(SCC(=O)NC4CCCC4)nccn3n2)cc1. The third-order valence-corrected chi connectivity index (χ3v) is 5.76. The lowest BCUT2D eigenvalue weighted by Crippen LogP contribution is -2.33. The number of nitrogens with zero attached hydrogens (tertiary/aromatic N) is 3. The van der Waals surface area contributed by atoms with Crippen molar-refractivity contribution in [2.75, 3.05) is 5.75 Å². The second-order valence-electron chi connectivity index (χ2n) is 6.80. The molecule has 0 saturated heterocycles. The zero-order chi connectivity index (χ0) is 17.9. The number of carbonyl (C=O) groups is 1. The Bertz CT molecular complexity index is 913. The molecular weight excluding hydrogens is 344 g/mol. The van der Waals surface area contributed by atoms with Crippen molar-refractivity contribution in [2.24, 2.45) is 0 Å². The number of thioether (sulfide) groups is 1. The molecule has 1 aliphatic carbocycles. The van der Waals surface area contributed by atoms with Gasteiger partial charge < -0.3 is 5.32 Å². The van der Waals surface area contributed by atoms with Crippen molar-refractivity contribution in [3.63, 3.8) is 0 Å². The average molecular weight is 366 g/mol. The summed E-state index contributed by atoms with van der Waals surface area (Å²) >= 11 is 1.47. The zero-order valence-electron chi connectivity index (χ0n) is 14.8. The van der Waals surface area contributed by atoms with Gasteiger partial charge in [0.05, 0.1) is 17.0 Å². The Hall–Kier alpha value is -2.34. The first-order valence-corrected chi connectivity index (χ1v) is 10.0.